The van der Waals surface area contributed by atoms with Crippen LogP contribution in [0.1, 0.15) is 83.9 Å². The molecule has 1 atom stereocenters. The van der Waals surface area contributed by atoms with Crippen LogP contribution in [0.5, 0.6) is 0 Å². The molecule has 5 heteroatoms. The van der Waals surface area contributed by atoms with Gasteiger partial charge in [0, 0.05) is 24.9 Å². The maximum atomic E-state index is 10.5. The Balaban J connectivity index is 1.72. The molecule has 1 saturated carbocycles. The van der Waals surface area contributed by atoms with Crippen molar-refractivity contribution < 1.29 is 9.63 Å². The van der Waals surface area contributed by atoms with E-state index in [-0.39, 0.29) is 0 Å². The standard InChI is InChI=1S/C18H33N3O2/c1-5-16-20-17(23-21-16)14-6-8-15(9-7-14)19-12-18(4,22)11-10-13(2)3/h13-15,19,22H,5-12H2,1-4H3. The lowest BCUT2D eigenvalue weighted by Crippen LogP contribution is -2.43. The average molecular weight is 323 g/mol. The number of aromatic nitrogens is 2. The van der Waals surface area contributed by atoms with Crippen LogP contribution in [0.2, 0.25) is 0 Å². The molecule has 0 radical (unpaired) electrons. The van der Waals surface area contributed by atoms with Gasteiger partial charge in [0.2, 0.25) is 5.89 Å². The summed E-state index contributed by atoms with van der Waals surface area (Å²) in [6.07, 6.45) is 7.12. The van der Waals surface area contributed by atoms with Crippen molar-refractivity contribution in [1.82, 2.24) is 15.5 Å². The van der Waals surface area contributed by atoms with E-state index in [4.69, 9.17) is 4.52 Å². The molecule has 0 amide bonds. The highest BCUT2D eigenvalue weighted by Gasteiger charge is 2.28. The van der Waals surface area contributed by atoms with Crippen molar-refractivity contribution >= 4 is 0 Å². The van der Waals surface area contributed by atoms with E-state index in [2.05, 4.69) is 29.3 Å². The average Bonchev–Trinajstić information content (AvgIpc) is 3.01. The molecular formula is C18H33N3O2. The fourth-order valence-electron chi connectivity index (χ4n) is 3.17. The molecular weight excluding hydrogens is 290 g/mol. The zero-order chi connectivity index (χ0) is 16.9. The van der Waals surface area contributed by atoms with Gasteiger partial charge in [-0.25, -0.2) is 0 Å². The van der Waals surface area contributed by atoms with Crippen LogP contribution in [-0.4, -0.2) is 33.4 Å². The van der Waals surface area contributed by atoms with Crippen LogP contribution in [0.3, 0.4) is 0 Å². The number of hydrogen-bond acceptors (Lipinski definition) is 5. The van der Waals surface area contributed by atoms with Crippen LogP contribution in [0.4, 0.5) is 0 Å². The van der Waals surface area contributed by atoms with Gasteiger partial charge in [-0.15, -0.1) is 0 Å². The predicted molar refractivity (Wildman–Crippen MR) is 91.4 cm³/mol. The molecule has 0 spiro atoms. The molecule has 23 heavy (non-hydrogen) atoms. The predicted octanol–water partition coefficient (Wildman–Crippen LogP) is 3.44. The fraction of sp³-hybridized carbons (Fsp3) is 0.889. The quantitative estimate of drug-likeness (QED) is 0.767. The number of nitrogens with one attached hydrogen (secondary N) is 1. The zero-order valence-corrected chi connectivity index (χ0v) is 15.1. The van der Waals surface area contributed by atoms with Crippen molar-refractivity contribution in [3.63, 3.8) is 0 Å². The summed E-state index contributed by atoms with van der Waals surface area (Å²) < 4.78 is 5.38. The van der Waals surface area contributed by atoms with E-state index in [0.29, 0.717) is 24.4 Å². The molecule has 5 nitrogen and oxygen atoms in total. The summed E-state index contributed by atoms with van der Waals surface area (Å²) in [6.45, 7) is 9.06. The summed E-state index contributed by atoms with van der Waals surface area (Å²) in [5, 5.41) is 18.0. The maximum absolute atomic E-state index is 10.5. The topological polar surface area (TPSA) is 71.2 Å². The summed E-state index contributed by atoms with van der Waals surface area (Å²) in [4.78, 5) is 4.47. The first-order valence-electron chi connectivity index (χ1n) is 9.18. The number of rotatable bonds is 8. The first-order valence-corrected chi connectivity index (χ1v) is 9.18. The molecule has 0 aromatic carbocycles. The molecule has 1 aromatic heterocycles. The minimum absolute atomic E-state index is 0.405. The first kappa shape index (κ1) is 18.4. The number of nitrogens with zero attached hydrogens (tertiary/aromatic N) is 2. The molecule has 2 rings (SSSR count). The number of aliphatic hydroxyl groups is 1. The van der Waals surface area contributed by atoms with Crippen LogP contribution in [0, 0.1) is 5.92 Å². The summed E-state index contributed by atoms with van der Waals surface area (Å²) in [6, 6.07) is 0.491. The molecule has 0 saturated heterocycles. The second-order valence-corrected chi connectivity index (χ2v) is 7.76. The van der Waals surface area contributed by atoms with E-state index in [1.807, 2.05) is 13.8 Å². The minimum atomic E-state index is -0.608. The highest BCUT2D eigenvalue weighted by atomic mass is 16.5. The van der Waals surface area contributed by atoms with Crippen molar-refractivity contribution in [3.05, 3.63) is 11.7 Å². The summed E-state index contributed by atoms with van der Waals surface area (Å²) >= 11 is 0. The van der Waals surface area contributed by atoms with Crippen molar-refractivity contribution in [2.45, 2.75) is 90.2 Å². The van der Waals surface area contributed by atoms with Gasteiger partial charge in [-0.05, 0) is 51.4 Å². The number of hydrogen-bond donors (Lipinski definition) is 2. The van der Waals surface area contributed by atoms with Gasteiger partial charge in [0.25, 0.3) is 0 Å². The van der Waals surface area contributed by atoms with Gasteiger partial charge in [0.05, 0.1) is 5.60 Å². The van der Waals surface area contributed by atoms with Crippen molar-refractivity contribution in [2.75, 3.05) is 6.54 Å². The normalized spacial score (nSPS) is 24.8. The molecule has 0 bridgehead atoms. The smallest absolute Gasteiger partial charge is 0.229 e. The molecule has 1 heterocycles. The van der Waals surface area contributed by atoms with Gasteiger partial charge < -0.3 is 14.9 Å². The Morgan fingerprint density at radius 2 is 2.00 bits per heavy atom. The Morgan fingerprint density at radius 1 is 1.30 bits per heavy atom. The molecule has 1 unspecified atom stereocenters. The lowest BCUT2D eigenvalue weighted by Gasteiger charge is -2.31. The van der Waals surface area contributed by atoms with Crippen LogP contribution in [0.25, 0.3) is 0 Å². The van der Waals surface area contributed by atoms with E-state index in [1.54, 1.807) is 0 Å². The SMILES string of the molecule is CCc1noc(C2CCC(NCC(C)(O)CCC(C)C)CC2)n1. The summed E-state index contributed by atoms with van der Waals surface area (Å²) in [5.41, 5.74) is -0.608. The van der Waals surface area contributed by atoms with Gasteiger partial charge in [0.1, 0.15) is 0 Å². The molecule has 0 aliphatic heterocycles. The van der Waals surface area contributed by atoms with Gasteiger partial charge in [-0.2, -0.15) is 4.98 Å². The van der Waals surface area contributed by atoms with Crippen LogP contribution in [0.15, 0.2) is 4.52 Å². The minimum Gasteiger partial charge on any atom is -0.389 e. The first-order chi connectivity index (χ1) is 10.9. The highest BCUT2D eigenvalue weighted by Crippen LogP contribution is 2.32. The Bertz CT molecular complexity index is 463. The third kappa shape index (κ3) is 5.88. The Hall–Kier alpha value is -0.940. The van der Waals surface area contributed by atoms with Crippen molar-refractivity contribution in [2.24, 2.45) is 5.92 Å². The van der Waals surface area contributed by atoms with E-state index in [0.717, 1.165) is 56.7 Å². The molecule has 2 N–H and O–H groups in total. The van der Waals surface area contributed by atoms with Crippen molar-refractivity contribution in [1.29, 1.82) is 0 Å². The van der Waals surface area contributed by atoms with Gasteiger partial charge in [-0.1, -0.05) is 25.9 Å². The van der Waals surface area contributed by atoms with E-state index < -0.39 is 5.60 Å². The van der Waals surface area contributed by atoms with Gasteiger partial charge in [-0.3, -0.25) is 0 Å². The summed E-state index contributed by atoms with van der Waals surface area (Å²) in [5.74, 6) is 2.66. The van der Waals surface area contributed by atoms with Crippen LogP contribution in [-0.2, 0) is 6.42 Å². The Kier molecular flexibility index (Phi) is 6.60. The van der Waals surface area contributed by atoms with Gasteiger partial charge in [0.15, 0.2) is 5.82 Å². The van der Waals surface area contributed by atoms with Crippen molar-refractivity contribution in [3.8, 4) is 0 Å². The largest absolute Gasteiger partial charge is 0.389 e. The molecule has 1 aliphatic rings. The Morgan fingerprint density at radius 3 is 2.57 bits per heavy atom. The number of aryl methyl sites for hydroxylation is 1. The second-order valence-electron chi connectivity index (χ2n) is 7.76. The molecule has 1 aromatic rings. The third-order valence-electron chi connectivity index (χ3n) is 4.91. The van der Waals surface area contributed by atoms with Crippen LogP contribution >= 0.6 is 0 Å². The highest BCUT2D eigenvalue weighted by molar-refractivity contribution is 4.97. The van der Waals surface area contributed by atoms with Gasteiger partial charge >= 0.3 is 0 Å². The van der Waals surface area contributed by atoms with E-state index in [9.17, 15) is 5.11 Å². The Labute approximate surface area is 140 Å². The van der Waals surface area contributed by atoms with E-state index in [1.165, 1.54) is 0 Å². The lowest BCUT2D eigenvalue weighted by atomic mass is 9.85. The van der Waals surface area contributed by atoms with E-state index >= 15 is 0 Å². The fourth-order valence-corrected chi connectivity index (χ4v) is 3.17. The molecule has 1 fully saturated rings. The third-order valence-corrected chi connectivity index (χ3v) is 4.91. The maximum Gasteiger partial charge on any atom is 0.229 e. The van der Waals surface area contributed by atoms with Crippen LogP contribution < -0.4 is 5.32 Å². The lowest BCUT2D eigenvalue weighted by molar-refractivity contribution is 0.0408. The molecule has 132 valence electrons. The summed E-state index contributed by atoms with van der Waals surface area (Å²) in [7, 11) is 0. The molecule has 1 aliphatic carbocycles. The monoisotopic (exact) mass is 323 g/mol. The zero-order valence-electron chi connectivity index (χ0n) is 15.1. The second kappa shape index (κ2) is 8.25.